The summed E-state index contributed by atoms with van der Waals surface area (Å²) in [5.74, 6) is -0.0446. The van der Waals surface area contributed by atoms with E-state index in [0.717, 1.165) is 5.56 Å². The fraction of sp³-hybridized carbons (Fsp3) is 0.0833. The second-order valence-electron chi connectivity index (χ2n) is 3.27. The van der Waals surface area contributed by atoms with Crippen LogP contribution in [-0.4, -0.2) is 10.9 Å². The van der Waals surface area contributed by atoms with Crippen LogP contribution >= 0.6 is 0 Å². The highest BCUT2D eigenvalue weighted by Crippen LogP contribution is 2.00. The standard InChI is InChI=1S/C12H12N2O/c15-12(11-4-2-1-3-5-11)14-9-10-6-7-13-8-10/h1-8,13H,9H2,(H,14,15). The van der Waals surface area contributed by atoms with Crippen LogP contribution in [0.5, 0.6) is 0 Å². The van der Waals surface area contributed by atoms with Gasteiger partial charge in [0.1, 0.15) is 0 Å². The lowest BCUT2D eigenvalue weighted by Crippen LogP contribution is -2.22. The largest absolute Gasteiger partial charge is 0.367 e. The van der Waals surface area contributed by atoms with Crippen LogP contribution in [0.15, 0.2) is 48.8 Å². The number of amides is 1. The summed E-state index contributed by atoms with van der Waals surface area (Å²) in [5, 5.41) is 2.84. The van der Waals surface area contributed by atoms with Gasteiger partial charge in [-0.25, -0.2) is 0 Å². The molecular formula is C12H12N2O. The Balaban J connectivity index is 1.94. The topological polar surface area (TPSA) is 44.9 Å². The molecule has 2 N–H and O–H groups in total. The van der Waals surface area contributed by atoms with E-state index in [2.05, 4.69) is 10.3 Å². The van der Waals surface area contributed by atoms with Crippen LogP contribution in [0.25, 0.3) is 0 Å². The second-order valence-corrected chi connectivity index (χ2v) is 3.27. The molecule has 0 bridgehead atoms. The SMILES string of the molecule is O=C(NCc1cc[nH]c1)c1ccccc1. The Morgan fingerprint density at radius 2 is 2.00 bits per heavy atom. The van der Waals surface area contributed by atoms with Crippen LogP contribution in [-0.2, 0) is 6.54 Å². The molecule has 1 heterocycles. The lowest BCUT2D eigenvalue weighted by atomic mass is 10.2. The van der Waals surface area contributed by atoms with Gasteiger partial charge in [0, 0.05) is 24.5 Å². The third kappa shape index (κ3) is 2.47. The third-order valence-electron chi connectivity index (χ3n) is 2.15. The predicted octanol–water partition coefficient (Wildman–Crippen LogP) is 1.94. The molecule has 3 heteroatoms. The minimum Gasteiger partial charge on any atom is -0.367 e. The first-order valence-electron chi connectivity index (χ1n) is 4.81. The maximum Gasteiger partial charge on any atom is 0.251 e. The van der Waals surface area contributed by atoms with Crippen LogP contribution < -0.4 is 5.32 Å². The first-order chi connectivity index (χ1) is 7.36. The van der Waals surface area contributed by atoms with E-state index in [1.165, 1.54) is 0 Å². The monoisotopic (exact) mass is 200 g/mol. The van der Waals surface area contributed by atoms with Crippen molar-refractivity contribution in [2.24, 2.45) is 0 Å². The molecule has 3 nitrogen and oxygen atoms in total. The van der Waals surface area contributed by atoms with Gasteiger partial charge in [-0.15, -0.1) is 0 Å². The van der Waals surface area contributed by atoms with E-state index in [1.807, 2.05) is 36.7 Å². The van der Waals surface area contributed by atoms with Crippen LogP contribution in [0.4, 0.5) is 0 Å². The molecule has 0 fully saturated rings. The Bertz CT molecular complexity index is 420. The number of benzene rings is 1. The number of nitrogens with one attached hydrogen (secondary N) is 2. The molecule has 1 amide bonds. The molecule has 0 radical (unpaired) electrons. The Kier molecular flexibility index (Phi) is 2.83. The molecule has 0 aliphatic rings. The normalized spacial score (nSPS) is 9.87. The van der Waals surface area contributed by atoms with E-state index >= 15 is 0 Å². The first-order valence-corrected chi connectivity index (χ1v) is 4.81. The Labute approximate surface area is 88.1 Å². The summed E-state index contributed by atoms with van der Waals surface area (Å²) in [7, 11) is 0. The molecule has 0 spiro atoms. The van der Waals surface area contributed by atoms with E-state index < -0.39 is 0 Å². The fourth-order valence-corrected chi connectivity index (χ4v) is 1.34. The lowest BCUT2D eigenvalue weighted by molar-refractivity contribution is 0.0951. The average Bonchev–Trinajstić information content (AvgIpc) is 2.80. The summed E-state index contributed by atoms with van der Waals surface area (Å²) in [5.41, 5.74) is 1.76. The van der Waals surface area contributed by atoms with Crippen molar-refractivity contribution in [3.05, 3.63) is 59.9 Å². The number of aromatic amines is 1. The van der Waals surface area contributed by atoms with Crippen molar-refractivity contribution in [3.8, 4) is 0 Å². The molecular weight excluding hydrogens is 188 g/mol. The van der Waals surface area contributed by atoms with E-state index in [0.29, 0.717) is 12.1 Å². The highest BCUT2D eigenvalue weighted by atomic mass is 16.1. The molecule has 0 saturated carbocycles. The number of hydrogen-bond donors (Lipinski definition) is 2. The second kappa shape index (κ2) is 4.46. The molecule has 0 atom stereocenters. The minimum absolute atomic E-state index is 0.0446. The molecule has 76 valence electrons. The number of rotatable bonds is 3. The highest BCUT2D eigenvalue weighted by Gasteiger charge is 2.03. The maximum absolute atomic E-state index is 11.6. The summed E-state index contributed by atoms with van der Waals surface area (Å²) in [4.78, 5) is 14.6. The maximum atomic E-state index is 11.6. The third-order valence-corrected chi connectivity index (χ3v) is 2.15. The quantitative estimate of drug-likeness (QED) is 0.781. The summed E-state index contributed by atoms with van der Waals surface area (Å²) in [6.45, 7) is 0.553. The number of carbonyl (C=O) groups is 1. The summed E-state index contributed by atoms with van der Waals surface area (Å²) >= 11 is 0. The van der Waals surface area contributed by atoms with Gasteiger partial charge in [0.15, 0.2) is 0 Å². The van der Waals surface area contributed by atoms with Crippen molar-refractivity contribution in [3.63, 3.8) is 0 Å². The Hall–Kier alpha value is -2.03. The lowest BCUT2D eigenvalue weighted by Gasteiger charge is -2.02. The van der Waals surface area contributed by atoms with Gasteiger partial charge in [-0.1, -0.05) is 18.2 Å². The molecule has 0 unspecified atom stereocenters. The Morgan fingerprint density at radius 1 is 1.20 bits per heavy atom. The highest BCUT2D eigenvalue weighted by molar-refractivity contribution is 5.94. The average molecular weight is 200 g/mol. The number of hydrogen-bond acceptors (Lipinski definition) is 1. The van der Waals surface area contributed by atoms with Crippen molar-refractivity contribution < 1.29 is 4.79 Å². The van der Waals surface area contributed by atoms with Gasteiger partial charge in [0.2, 0.25) is 0 Å². The summed E-state index contributed by atoms with van der Waals surface area (Å²) in [6, 6.07) is 11.1. The van der Waals surface area contributed by atoms with Gasteiger partial charge in [0.25, 0.3) is 5.91 Å². The summed E-state index contributed by atoms with van der Waals surface area (Å²) < 4.78 is 0. The minimum atomic E-state index is -0.0446. The molecule has 1 aromatic heterocycles. The van der Waals surface area contributed by atoms with Crippen LogP contribution in [0, 0.1) is 0 Å². The number of carbonyl (C=O) groups excluding carboxylic acids is 1. The number of aromatic nitrogens is 1. The molecule has 0 saturated heterocycles. The molecule has 2 rings (SSSR count). The predicted molar refractivity (Wildman–Crippen MR) is 58.4 cm³/mol. The summed E-state index contributed by atoms with van der Waals surface area (Å²) in [6.07, 6.45) is 3.70. The molecule has 15 heavy (non-hydrogen) atoms. The smallest absolute Gasteiger partial charge is 0.251 e. The fourth-order valence-electron chi connectivity index (χ4n) is 1.34. The molecule has 2 aromatic rings. The number of H-pyrrole nitrogens is 1. The van der Waals surface area contributed by atoms with E-state index in [1.54, 1.807) is 12.1 Å². The molecule has 0 aliphatic carbocycles. The van der Waals surface area contributed by atoms with E-state index in [-0.39, 0.29) is 5.91 Å². The van der Waals surface area contributed by atoms with Gasteiger partial charge in [-0.3, -0.25) is 4.79 Å². The first kappa shape index (κ1) is 9.52. The zero-order valence-corrected chi connectivity index (χ0v) is 8.23. The Morgan fingerprint density at radius 3 is 2.67 bits per heavy atom. The van der Waals surface area contributed by atoms with Gasteiger partial charge < -0.3 is 10.3 Å². The van der Waals surface area contributed by atoms with E-state index in [4.69, 9.17) is 0 Å². The van der Waals surface area contributed by atoms with Gasteiger partial charge >= 0.3 is 0 Å². The van der Waals surface area contributed by atoms with Crippen molar-refractivity contribution >= 4 is 5.91 Å². The van der Waals surface area contributed by atoms with Crippen molar-refractivity contribution in [1.82, 2.24) is 10.3 Å². The van der Waals surface area contributed by atoms with Crippen LogP contribution in [0.3, 0.4) is 0 Å². The van der Waals surface area contributed by atoms with Crippen LogP contribution in [0.2, 0.25) is 0 Å². The van der Waals surface area contributed by atoms with Crippen molar-refractivity contribution in [1.29, 1.82) is 0 Å². The van der Waals surface area contributed by atoms with Crippen LogP contribution in [0.1, 0.15) is 15.9 Å². The van der Waals surface area contributed by atoms with Crippen molar-refractivity contribution in [2.75, 3.05) is 0 Å². The zero-order valence-electron chi connectivity index (χ0n) is 8.23. The van der Waals surface area contributed by atoms with Crippen molar-refractivity contribution in [2.45, 2.75) is 6.54 Å². The van der Waals surface area contributed by atoms with Gasteiger partial charge in [-0.05, 0) is 23.8 Å². The zero-order chi connectivity index (χ0) is 10.5. The molecule has 1 aromatic carbocycles. The van der Waals surface area contributed by atoms with E-state index in [9.17, 15) is 4.79 Å². The van der Waals surface area contributed by atoms with Gasteiger partial charge in [0.05, 0.1) is 0 Å². The van der Waals surface area contributed by atoms with Gasteiger partial charge in [-0.2, -0.15) is 0 Å². The molecule has 0 aliphatic heterocycles.